The van der Waals surface area contributed by atoms with Crippen LogP contribution >= 0.6 is 0 Å². The molecule has 0 spiro atoms. The van der Waals surface area contributed by atoms with Gasteiger partial charge < -0.3 is 15.0 Å². The van der Waals surface area contributed by atoms with Crippen molar-refractivity contribution in [3.8, 4) is 5.75 Å². The van der Waals surface area contributed by atoms with Gasteiger partial charge in [0.1, 0.15) is 5.75 Å². The Balaban J connectivity index is 1.34. The summed E-state index contributed by atoms with van der Waals surface area (Å²) < 4.78 is 5.28. The molecular formula is C22H29N3O2. The average molecular weight is 367 g/mol. The molecular weight excluding hydrogens is 338 g/mol. The molecule has 0 atom stereocenters. The summed E-state index contributed by atoms with van der Waals surface area (Å²) in [5, 5.41) is 3.02. The molecule has 0 radical (unpaired) electrons. The fraction of sp³-hybridized carbons (Fsp3) is 0.409. The third-order valence-electron chi connectivity index (χ3n) is 5.02. The number of nitrogens with zero attached hydrogens (tertiary/aromatic N) is 2. The van der Waals surface area contributed by atoms with Gasteiger partial charge in [-0.25, -0.2) is 4.79 Å². The van der Waals surface area contributed by atoms with E-state index in [9.17, 15) is 4.79 Å². The van der Waals surface area contributed by atoms with Crippen molar-refractivity contribution in [1.82, 2.24) is 15.1 Å². The molecule has 5 nitrogen and oxygen atoms in total. The lowest BCUT2D eigenvalue weighted by atomic mass is 10.1. The van der Waals surface area contributed by atoms with Gasteiger partial charge in [0.2, 0.25) is 0 Å². The highest BCUT2D eigenvalue weighted by molar-refractivity contribution is 5.74. The topological polar surface area (TPSA) is 44.8 Å². The SMILES string of the molecule is COc1cccc(CCCN2CCN(C(=O)NCc3ccccc3)CC2)c1. The van der Waals surface area contributed by atoms with E-state index in [2.05, 4.69) is 22.3 Å². The molecule has 0 bridgehead atoms. The fourth-order valence-corrected chi connectivity index (χ4v) is 3.39. The normalized spacial score (nSPS) is 14.8. The van der Waals surface area contributed by atoms with Gasteiger partial charge in [-0.3, -0.25) is 4.90 Å². The zero-order valence-corrected chi connectivity index (χ0v) is 16.1. The summed E-state index contributed by atoms with van der Waals surface area (Å²) in [6.07, 6.45) is 2.17. The van der Waals surface area contributed by atoms with Crippen molar-refractivity contribution in [3.05, 3.63) is 65.7 Å². The average Bonchev–Trinajstić information content (AvgIpc) is 2.73. The lowest BCUT2D eigenvalue weighted by Gasteiger charge is -2.34. The highest BCUT2D eigenvalue weighted by atomic mass is 16.5. The molecule has 2 amide bonds. The first-order valence-electron chi connectivity index (χ1n) is 9.66. The van der Waals surface area contributed by atoms with Crippen LogP contribution in [0.25, 0.3) is 0 Å². The van der Waals surface area contributed by atoms with Crippen LogP contribution in [0.5, 0.6) is 5.75 Å². The van der Waals surface area contributed by atoms with E-state index >= 15 is 0 Å². The van der Waals surface area contributed by atoms with Gasteiger partial charge in [0.25, 0.3) is 0 Å². The number of piperazine rings is 1. The number of ether oxygens (including phenoxy) is 1. The number of rotatable bonds is 7. The van der Waals surface area contributed by atoms with Gasteiger partial charge in [0.15, 0.2) is 0 Å². The summed E-state index contributed by atoms with van der Waals surface area (Å²) in [5.74, 6) is 0.919. The van der Waals surface area contributed by atoms with Crippen LogP contribution in [0.3, 0.4) is 0 Å². The van der Waals surface area contributed by atoms with Gasteiger partial charge in [-0.15, -0.1) is 0 Å². The summed E-state index contributed by atoms with van der Waals surface area (Å²) in [5.41, 5.74) is 2.44. The van der Waals surface area contributed by atoms with Crippen LogP contribution in [-0.2, 0) is 13.0 Å². The van der Waals surface area contributed by atoms with Crippen molar-refractivity contribution in [2.75, 3.05) is 39.8 Å². The van der Waals surface area contributed by atoms with Crippen molar-refractivity contribution in [2.45, 2.75) is 19.4 Å². The smallest absolute Gasteiger partial charge is 0.317 e. The number of benzene rings is 2. The Hall–Kier alpha value is -2.53. The van der Waals surface area contributed by atoms with E-state index in [-0.39, 0.29) is 6.03 Å². The van der Waals surface area contributed by atoms with E-state index in [1.165, 1.54) is 5.56 Å². The van der Waals surface area contributed by atoms with Gasteiger partial charge >= 0.3 is 6.03 Å². The van der Waals surface area contributed by atoms with E-state index in [0.717, 1.165) is 56.9 Å². The Morgan fingerprint density at radius 2 is 1.74 bits per heavy atom. The van der Waals surface area contributed by atoms with Gasteiger partial charge in [0, 0.05) is 32.7 Å². The Kier molecular flexibility index (Phi) is 7.11. The maximum absolute atomic E-state index is 12.3. The molecule has 3 rings (SSSR count). The Bertz CT molecular complexity index is 713. The number of methoxy groups -OCH3 is 1. The van der Waals surface area contributed by atoms with Gasteiger partial charge in [-0.2, -0.15) is 0 Å². The summed E-state index contributed by atoms with van der Waals surface area (Å²) in [6.45, 7) is 5.12. The van der Waals surface area contributed by atoms with Crippen LogP contribution in [0.4, 0.5) is 4.79 Å². The molecule has 27 heavy (non-hydrogen) atoms. The number of hydrogen-bond donors (Lipinski definition) is 1. The molecule has 1 saturated heterocycles. The highest BCUT2D eigenvalue weighted by Crippen LogP contribution is 2.14. The first-order chi connectivity index (χ1) is 13.2. The number of carbonyl (C=O) groups excluding carboxylic acids is 1. The molecule has 1 aliphatic rings. The second-order valence-electron chi connectivity index (χ2n) is 6.93. The van der Waals surface area contributed by atoms with E-state index in [0.29, 0.717) is 6.54 Å². The molecule has 1 heterocycles. The fourth-order valence-electron chi connectivity index (χ4n) is 3.39. The maximum atomic E-state index is 12.3. The predicted molar refractivity (Wildman–Crippen MR) is 108 cm³/mol. The number of hydrogen-bond acceptors (Lipinski definition) is 3. The van der Waals surface area contributed by atoms with Crippen molar-refractivity contribution >= 4 is 6.03 Å². The molecule has 1 N–H and O–H groups in total. The van der Waals surface area contributed by atoms with Crippen molar-refractivity contribution in [1.29, 1.82) is 0 Å². The largest absolute Gasteiger partial charge is 0.497 e. The van der Waals surface area contributed by atoms with Gasteiger partial charge in [0.05, 0.1) is 7.11 Å². The molecule has 1 fully saturated rings. The van der Waals surface area contributed by atoms with Crippen LogP contribution in [0.1, 0.15) is 17.5 Å². The summed E-state index contributed by atoms with van der Waals surface area (Å²) in [6, 6.07) is 18.3. The first kappa shape index (κ1) is 19.2. The van der Waals surface area contributed by atoms with Crippen LogP contribution in [0.15, 0.2) is 54.6 Å². The predicted octanol–water partition coefficient (Wildman–Crippen LogP) is 3.16. The molecule has 0 unspecified atom stereocenters. The third kappa shape index (κ3) is 6.00. The number of carbonyl (C=O) groups is 1. The van der Waals surface area contributed by atoms with Crippen LogP contribution in [0.2, 0.25) is 0 Å². The van der Waals surface area contributed by atoms with Crippen molar-refractivity contribution in [3.63, 3.8) is 0 Å². The van der Waals surface area contributed by atoms with E-state index in [1.54, 1.807) is 7.11 Å². The molecule has 2 aromatic rings. The zero-order valence-electron chi connectivity index (χ0n) is 16.1. The third-order valence-corrected chi connectivity index (χ3v) is 5.02. The van der Waals surface area contributed by atoms with Gasteiger partial charge in [-0.05, 0) is 42.6 Å². The minimum Gasteiger partial charge on any atom is -0.497 e. The number of amides is 2. The molecule has 5 heteroatoms. The van der Waals surface area contributed by atoms with E-state index in [1.807, 2.05) is 47.4 Å². The quantitative estimate of drug-likeness (QED) is 0.818. The number of urea groups is 1. The van der Waals surface area contributed by atoms with Crippen molar-refractivity contribution in [2.24, 2.45) is 0 Å². The minimum absolute atomic E-state index is 0.0369. The number of aryl methyl sites for hydroxylation is 1. The molecule has 144 valence electrons. The second kappa shape index (κ2) is 9.97. The second-order valence-corrected chi connectivity index (χ2v) is 6.93. The molecule has 2 aromatic carbocycles. The number of nitrogens with one attached hydrogen (secondary N) is 1. The standard InChI is InChI=1S/C22H29N3O2/c1-27-21-11-5-9-19(17-21)10-6-12-24-13-15-25(16-14-24)22(26)23-18-20-7-3-2-4-8-20/h2-5,7-9,11,17H,6,10,12-16,18H2,1H3,(H,23,26). The molecule has 0 aliphatic carbocycles. The van der Waals surface area contributed by atoms with E-state index < -0.39 is 0 Å². The zero-order chi connectivity index (χ0) is 18.9. The van der Waals surface area contributed by atoms with Crippen LogP contribution in [0, 0.1) is 0 Å². The Morgan fingerprint density at radius 1 is 1.00 bits per heavy atom. The molecule has 1 aliphatic heterocycles. The highest BCUT2D eigenvalue weighted by Gasteiger charge is 2.20. The first-order valence-corrected chi connectivity index (χ1v) is 9.66. The van der Waals surface area contributed by atoms with Crippen LogP contribution < -0.4 is 10.1 Å². The lowest BCUT2D eigenvalue weighted by molar-refractivity contribution is 0.138. The summed E-state index contributed by atoms with van der Waals surface area (Å²) in [7, 11) is 1.70. The molecule has 0 aromatic heterocycles. The van der Waals surface area contributed by atoms with Crippen LogP contribution in [-0.4, -0.2) is 55.7 Å². The van der Waals surface area contributed by atoms with Gasteiger partial charge in [-0.1, -0.05) is 42.5 Å². The maximum Gasteiger partial charge on any atom is 0.317 e. The monoisotopic (exact) mass is 367 g/mol. The molecule has 0 saturated carbocycles. The minimum atomic E-state index is 0.0369. The Morgan fingerprint density at radius 3 is 2.48 bits per heavy atom. The Labute approximate surface area is 161 Å². The summed E-state index contributed by atoms with van der Waals surface area (Å²) in [4.78, 5) is 16.7. The summed E-state index contributed by atoms with van der Waals surface area (Å²) >= 11 is 0. The van der Waals surface area contributed by atoms with Crippen molar-refractivity contribution < 1.29 is 9.53 Å². The van der Waals surface area contributed by atoms with E-state index in [4.69, 9.17) is 4.74 Å². The lowest BCUT2D eigenvalue weighted by Crippen LogP contribution is -2.51.